The minimum Gasteiger partial charge on any atom is -0.437 e. The molecule has 18 aromatic heterocycles. The average molecular weight is 1930 g/mol. The summed E-state index contributed by atoms with van der Waals surface area (Å²) in [5, 5.41) is 12.2. The summed E-state index contributed by atoms with van der Waals surface area (Å²) in [5.41, 5.74) is 31.3. The number of nitrogens with zero attached hydrogens (tertiary/aromatic N) is 12. The number of hydrogen-bond acceptors (Lipinski definition) is 12. The van der Waals surface area contributed by atoms with Crippen LogP contribution in [0.4, 0.5) is 0 Å². The third kappa shape index (κ3) is 19.5. The molecule has 24 rings (SSSR count). The van der Waals surface area contributed by atoms with Gasteiger partial charge in [-0.2, -0.15) is 0 Å². The third-order valence-corrected chi connectivity index (χ3v) is 27.1. The highest BCUT2D eigenvalue weighted by Crippen LogP contribution is 2.45. The second-order valence-electron chi connectivity index (χ2n) is 39.5. The molecule has 0 aliphatic heterocycles. The van der Waals surface area contributed by atoms with E-state index in [1.165, 1.54) is 30.5 Å². The molecule has 726 valence electrons. The van der Waals surface area contributed by atoms with Gasteiger partial charge in [0, 0.05) is 192 Å². The first kappa shape index (κ1) is 84.6. The summed E-state index contributed by atoms with van der Waals surface area (Å²) in [6, 6.07) is 85.7. The van der Waals surface area contributed by atoms with Crippen LogP contribution in [0.1, 0.15) is 164 Å². The maximum absolute atomic E-state index is 8.21. The molecule has 18 heterocycles. The van der Waals surface area contributed by atoms with Crippen LogP contribution in [0.2, 0.25) is 0 Å². The van der Waals surface area contributed by atoms with Gasteiger partial charge in [-0.05, 0) is 228 Å². The fraction of sp³-hybridized carbons (Fsp3) is 0.244. The lowest BCUT2D eigenvalue weighted by molar-refractivity contribution is -0.660. The molecule has 0 aliphatic rings. The van der Waals surface area contributed by atoms with Gasteiger partial charge in [0.2, 0.25) is 68.4 Å². The molecular weight excluding hydrogens is 1790 g/mol. The Morgan fingerprint density at radius 2 is 0.552 bits per heavy atom. The highest BCUT2D eigenvalue weighted by molar-refractivity contribution is 6.14. The van der Waals surface area contributed by atoms with Crippen LogP contribution in [0, 0.1) is 59.8 Å². The highest BCUT2D eigenvalue weighted by Gasteiger charge is 2.30. The van der Waals surface area contributed by atoms with Crippen molar-refractivity contribution in [3.63, 3.8) is 0 Å². The molecule has 0 fully saturated rings. The van der Waals surface area contributed by atoms with Crippen molar-refractivity contribution in [3.8, 4) is 67.5 Å². The van der Waals surface area contributed by atoms with Crippen LogP contribution in [-0.4, -0.2) is 29.9 Å². The average Bonchev–Trinajstić information content (AvgIpc) is 1.63. The zero-order chi connectivity index (χ0) is 111. The van der Waals surface area contributed by atoms with Crippen LogP contribution >= 0.6 is 0 Å². The van der Waals surface area contributed by atoms with Gasteiger partial charge in [-0.15, -0.1) is 0 Å². The van der Waals surface area contributed by atoms with Gasteiger partial charge in [0.25, 0.3) is 0 Å². The minimum absolute atomic E-state index is 0.00220. The Balaban J connectivity index is 0.000000117. The summed E-state index contributed by atoms with van der Waals surface area (Å²) in [7, 11) is 12.2. The zero-order valence-electron chi connectivity index (χ0n) is 97.2. The number of hydrogen-bond donors (Lipinski definition) is 0. The molecule has 0 radical (unpaired) electrons. The number of benzene rings is 6. The highest BCUT2D eigenvalue weighted by atomic mass is 16.4. The topological polar surface area (TPSA) is 179 Å². The molecule has 1 unspecified atom stereocenters. The van der Waals surface area contributed by atoms with Crippen LogP contribution in [0.5, 0.6) is 0 Å². The first-order chi connectivity index (χ1) is 74.0. The van der Waals surface area contributed by atoms with Crippen LogP contribution in [0.3, 0.4) is 0 Å². The van der Waals surface area contributed by atoms with E-state index in [1.807, 2.05) is 181 Å². The summed E-state index contributed by atoms with van der Waals surface area (Å²) in [6.45, 7) is 21.8. The molecule has 1 atom stereocenters. The fourth-order valence-corrected chi connectivity index (χ4v) is 19.5. The Kier molecular flexibility index (Phi) is 23.3. The minimum atomic E-state index is -2.67. The van der Waals surface area contributed by atoms with Gasteiger partial charge in [0.1, 0.15) is 42.3 Å². The van der Waals surface area contributed by atoms with Gasteiger partial charge in [0.05, 0.1) is 33.4 Å². The van der Waals surface area contributed by atoms with Gasteiger partial charge < -0.3 is 26.5 Å². The van der Waals surface area contributed by atoms with E-state index in [-0.39, 0.29) is 18.3 Å². The Morgan fingerprint density at radius 1 is 0.290 bits per heavy atom. The zero-order valence-corrected chi connectivity index (χ0v) is 86.2. The van der Waals surface area contributed by atoms with Crippen molar-refractivity contribution in [2.24, 2.45) is 53.6 Å². The molecule has 0 saturated heterocycles. The van der Waals surface area contributed by atoms with Crippen molar-refractivity contribution >= 4 is 132 Å². The number of furan rings is 6. The SMILES string of the molecule is CCc1ccc2c(n1)oc1c(-c3cccc[n+]3C)c(C)ccc12.Cc1ccc2c(n1)oc1c(-c3cccc[n+]3C)c(C)ccc12.Cc1ccc2c(oc3nc(C(C)(C)C)ccc32)c1-c1cccc[n+]1C.[2H]C(C)(C)c1ccc2c(n1)oc1c(-c3cccc[n+]3C)c(C)ccc12.[2H]C([2H])([2H])C(C)(Cc1ccc2c(n1)oc1c(-c3cccc[n+]3C)c(C)ccc12)C([2H])([2H])[2H].[2H]C([2H])([2H])C([2H])(C)Cc1ccc2c(n1)oc1c(-c3cccc[n+]3C)c(C)ccc12. The lowest BCUT2D eigenvalue weighted by Crippen LogP contribution is -2.30. The van der Waals surface area contributed by atoms with E-state index < -0.39 is 37.8 Å². The van der Waals surface area contributed by atoms with E-state index >= 15 is 0 Å². The summed E-state index contributed by atoms with van der Waals surface area (Å²) < 4.78 is 136. The predicted molar refractivity (Wildman–Crippen MR) is 586 cm³/mol. The summed E-state index contributed by atoms with van der Waals surface area (Å²) in [6.07, 6.45) is 12.9. The number of aryl methyl sites for hydroxylation is 14. The van der Waals surface area contributed by atoms with Crippen molar-refractivity contribution < 1.29 is 69.0 Å². The number of pyridine rings is 12. The van der Waals surface area contributed by atoms with Crippen LogP contribution < -0.4 is 27.4 Å². The Labute approximate surface area is 862 Å². The summed E-state index contributed by atoms with van der Waals surface area (Å²) >= 11 is 0. The van der Waals surface area contributed by atoms with E-state index in [0.717, 1.165) is 206 Å². The van der Waals surface area contributed by atoms with E-state index in [1.54, 1.807) is 12.1 Å². The molecule has 18 nitrogen and oxygen atoms in total. The monoisotopic (exact) mass is 1930 g/mol. The molecule has 6 aromatic carbocycles. The molecule has 24 aromatic rings. The molecule has 0 spiro atoms. The number of aromatic nitrogens is 12. The number of fused-ring (bicyclic) bond motifs is 18. The lowest BCUT2D eigenvalue weighted by Gasteiger charge is -2.16. The van der Waals surface area contributed by atoms with Crippen molar-refractivity contribution in [2.45, 2.75) is 155 Å². The smallest absolute Gasteiger partial charge is 0.227 e. The Hall–Kier alpha value is -16.1. The van der Waals surface area contributed by atoms with Gasteiger partial charge in [-0.3, -0.25) is 0 Å². The van der Waals surface area contributed by atoms with Crippen molar-refractivity contribution in [2.75, 3.05) is 0 Å². The second-order valence-corrected chi connectivity index (χ2v) is 39.5. The lowest BCUT2D eigenvalue weighted by atomic mass is 9.90. The van der Waals surface area contributed by atoms with Gasteiger partial charge in [-0.1, -0.05) is 149 Å². The Morgan fingerprint density at radius 3 is 0.848 bits per heavy atom. The molecular formula is C127H128N12O6+6. The normalized spacial score (nSPS) is 13.6. The molecule has 0 bridgehead atoms. The van der Waals surface area contributed by atoms with E-state index in [2.05, 4.69) is 283 Å². The molecule has 0 saturated carbocycles. The van der Waals surface area contributed by atoms with Gasteiger partial charge >= 0.3 is 0 Å². The molecule has 0 aliphatic carbocycles. The van der Waals surface area contributed by atoms with Crippen molar-refractivity contribution in [1.82, 2.24) is 29.9 Å². The van der Waals surface area contributed by atoms with Gasteiger partial charge in [-0.25, -0.2) is 57.3 Å². The second kappa shape index (κ2) is 40.0. The maximum Gasteiger partial charge on any atom is 0.227 e. The van der Waals surface area contributed by atoms with Crippen molar-refractivity contribution in [1.29, 1.82) is 0 Å². The van der Waals surface area contributed by atoms with E-state index in [4.69, 9.17) is 46.6 Å². The van der Waals surface area contributed by atoms with Crippen LogP contribution in [0.25, 0.3) is 200 Å². The molecule has 0 N–H and O–H groups in total. The molecule has 0 amide bonds. The quantitative estimate of drug-likeness (QED) is 0.112. The largest absolute Gasteiger partial charge is 0.437 e. The number of rotatable bonds is 11. The molecule has 18 heteroatoms. The summed E-state index contributed by atoms with van der Waals surface area (Å²) in [5.74, 6) is -2.36. The van der Waals surface area contributed by atoms with E-state index in [0.29, 0.717) is 51.2 Å². The fourth-order valence-electron chi connectivity index (χ4n) is 19.5. The molecule has 145 heavy (non-hydrogen) atoms. The Bertz CT molecular complexity index is 9440. The van der Waals surface area contributed by atoms with Crippen LogP contribution in [0.15, 0.2) is 318 Å². The first-order valence-corrected chi connectivity index (χ1v) is 49.1. The van der Waals surface area contributed by atoms with E-state index in [9.17, 15) is 0 Å². The summed E-state index contributed by atoms with van der Waals surface area (Å²) in [4.78, 5) is 27.7. The van der Waals surface area contributed by atoms with Crippen molar-refractivity contribution in [3.05, 3.63) is 360 Å². The van der Waals surface area contributed by atoms with Gasteiger partial charge in [0.15, 0.2) is 70.7 Å². The third-order valence-electron chi connectivity index (χ3n) is 27.1. The maximum atomic E-state index is 8.21. The first-order valence-electron chi connectivity index (χ1n) is 54.6. The standard InChI is InChI=1S/C23H25N2O.2C22H23N2O.C21H21N2O.C20H19N2O.C19H17N2O/c1-15-9-11-17-18-12-10-16(14-23(2,3)4)24-22(18)26-21(17)20(15)19-8-6-7-13-25(19)5;1-14-9-10-15-16-11-12-18(22(2,3)4)23-21(16)25-20(15)19(14)17-8-6-7-13-24(17)5;1-14(2)13-16-9-11-18-17-10-8-15(3)20(21(17)25-22(18)23-16)19-7-5-6-12-24(19)4;1-13(2)17-11-10-16-15-9-8-14(3)19(20(15)24-21(16)22-17)18-7-5-6-12-23(18)4;1-4-14-9-11-16-15-10-8-13(2)18(19(15)23-20(16)21-14)17-7-5-6-12-22(17)3;1-12-7-9-14-15-10-8-13(2)20-19(15)22-18(14)17(12)16-6-4-5-11-21(16)3/h6-13H,14H2,1-5H3;6-13H,1-5H3;5-12,14H,13H2,1-4H3;5-13H,1-4H3;5-12H,4H2,1-3H3;4-11H,1-3H3/q6*+1/i2D3,3D3;;1D3,14D;13D;;. The van der Waals surface area contributed by atoms with Crippen LogP contribution in [-0.2, 0) is 67.0 Å². The predicted octanol–water partition coefficient (Wildman–Crippen LogP) is 28.8.